The zero-order valence-corrected chi connectivity index (χ0v) is 13.2. The maximum Gasteiger partial charge on any atom is 0.0944 e. The Hall–Kier alpha value is -0.450. The summed E-state index contributed by atoms with van der Waals surface area (Å²) >= 11 is 1.77. The van der Waals surface area contributed by atoms with E-state index in [9.17, 15) is 0 Å². The minimum atomic E-state index is -0.0347. The molecular weight excluding hydrogens is 256 g/mol. The Morgan fingerprint density at radius 1 is 1.53 bits per heavy atom. The van der Waals surface area contributed by atoms with E-state index in [2.05, 4.69) is 36.5 Å². The molecule has 4 heteroatoms. The van der Waals surface area contributed by atoms with E-state index in [4.69, 9.17) is 4.74 Å². The second-order valence-electron chi connectivity index (χ2n) is 5.71. The van der Waals surface area contributed by atoms with Crippen LogP contribution in [0, 0.1) is 6.92 Å². The van der Waals surface area contributed by atoms with Crippen LogP contribution >= 0.6 is 11.3 Å². The molecule has 0 radical (unpaired) electrons. The van der Waals surface area contributed by atoms with Crippen LogP contribution in [0.4, 0.5) is 0 Å². The van der Waals surface area contributed by atoms with E-state index < -0.39 is 0 Å². The molecular formula is C15H26N2OS. The van der Waals surface area contributed by atoms with E-state index in [1.54, 1.807) is 11.3 Å². The van der Waals surface area contributed by atoms with Gasteiger partial charge in [0.1, 0.15) is 0 Å². The van der Waals surface area contributed by atoms with Crippen LogP contribution in [0.2, 0.25) is 0 Å². The Labute approximate surface area is 120 Å². The van der Waals surface area contributed by atoms with Gasteiger partial charge in [0.15, 0.2) is 0 Å². The normalized spacial score (nSPS) is 25.4. The predicted molar refractivity (Wildman–Crippen MR) is 80.8 cm³/mol. The van der Waals surface area contributed by atoms with Crippen molar-refractivity contribution < 1.29 is 4.74 Å². The molecule has 2 unspecified atom stereocenters. The highest BCUT2D eigenvalue weighted by Crippen LogP contribution is 2.30. The van der Waals surface area contributed by atoms with Gasteiger partial charge in [0.2, 0.25) is 0 Å². The molecule has 1 N–H and O–H groups in total. The summed E-state index contributed by atoms with van der Waals surface area (Å²) in [5.41, 5.74) is 1.09. The van der Waals surface area contributed by atoms with Crippen molar-refractivity contribution in [3.05, 3.63) is 16.1 Å². The van der Waals surface area contributed by atoms with E-state index >= 15 is 0 Å². The molecule has 0 bridgehead atoms. The molecule has 1 aromatic heterocycles. The van der Waals surface area contributed by atoms with Crippen molar-refractivity contribution >= 4 is 11.3 Å². The van der Waals surface area contributed by atoms with E-state index in [0.29, 0.717) is 6.04 Å². The topological polar surface area (TPSA) is 34.2 Å². The minimum absolute atomic E-state index is 0.0347. The van der Waals surface area contributed by atoms with Crippen LogP contribution in [-0.2, 0) is 11.2 Å². The highest BCUT2D eigenvalue weighted by Gasteiger charge is 2.36. The van der Waals surface area contributed by atoms with Crippen molar-refractivity contribution in [2.75, 3.05) is 13.2 Å². The maximum atomic E-state index is 6.12. The summed E-state index contributed by atoms with van der Waals surface area (Å²) in [6.07, 6.45) is 5.77. The van der Waals surface area contributed by atoms with E-state index in [-0.39, 0.29) is 5.60 Å². The van der Waals surface area contributed by atoms with Gasteiger partial charge < -0.3 is 10.1 Å². The van der Waals surface area contributed by atoms with Crippen LogP contribution in [-0.4, -0.2) is 29.8 Å². The molecule has 1 aromatic rings. The quantitative estimate of drug-likeness (QED) is 0.869. The predicted octanol–water partition coefficient (Wildman–Crippen LogP) is 3.32. The van der Waals surface area contributed by atoms with Gasteiger partial charge in [0, 0.05) is 30.1 Å². The van der Waals surface area contributed by atoms with Crippen LogP contribution in [0.1, 0.15) is 50.2 Å². The number of hydrogen-bond donors (Lipinski definition) is 1. The number of ether oxygens (including phenoxy) is 1. The lowest BCUT2D eigenvalue weighted by atomic mass is 9.86. The first-order valence-corrected chi connectivity index (χ1v) is 8.30. The van der Waals surface area contributed by atoms with Crippen LogP contribution in [0.25, 0.3) is 0 Å². The molecule has 19 heavy (non-hydrogen) atoms. The van der Waals surface area contributed by atoms with Crippen LogP contribution < -0.4 is 5.32 Å². The summed E-state index contributed by atoms with van der Waals surface area (Å²) in [6, 6.07) is 0.373. The number of thiazole rings is 1. The van der Waals surface area contributed by atoms with E-state index in [1.165, 1.54) is 17.8 Å². The lowest BCUT2D eigenvalue weighted by Gasteiger charge is -2.41. The second-order valence-corrected chi connectivity index (χ2v) is 6.65. The Bertz CT molecular complexity index is 385. The first-order chi connectivity index (χ1) is 9.14. The van der Waals surface area contributed by atoms with Crippen molar-refractivity contribution in [2.24, 2.45) is 0 Å². The Kier molecular flexibility index (Phi) is 5.37. The largest absolute Gasteiger partial charge is 0.374 e. The highest BCUT2D eigenvalue weighted by molar-refractivity contribution is 7.09. The average Bonchev–Trinajstić information content (AvgIpc) is 2.81. The molecule has 108 valence electrons. The molecule has 0 aromatic carbocycles. The summed E-state index contributed by atoms with van der Waals surface area (Å²) in [5, 5.41) is 7.04. The maximum absolute atomic E-state index is 6.12. The Morgan fingerprint density at radius 2 is 2.37 bits per heavy atom. The van der Waals surface area contributed by atoms with Crippen molar-refractivity contribution in [3.8, 4) is 0 Å². The highest BCUT2D eigenvalue weighted by atomic mass is 32.1. The van der Waals surface area contributed by atoms with Crippen LogP contribution in [0.5, 0.6) is 0 Å². The zero-order valence-electron chi connectivity index (χ0n) is 12.4. The van der Waals surface area contributed by atoms with Gasteiger partial charge in [-0.3, -0.25) is 0 Å². The smallest absolute Gasteiger partial charge is 0.0944 e. The fraction of sp³-hybridized carbons (Fsp3) is 0.800. The summed E-state index contributed by atoms with van der Waals surface area (Å²) in [7, 11) is 0. The summed E-state index contributed by atoms with van der Waals surface area (Å²) in [6.45, 7) is 8.49. The molecule has 0 saturated carbocycles. The third kappa shape index (κ3) is 4.01. The van der Waals surface area contributed by atoms with Gasteiger partial charge in [-0.05, 0) is 46.1 Å². The van der Waals surface area contributed by atoms with Gasteiger partial charge in [-0.2, -0.15) is 0 Å². The number of aryl methyl sites for hydroxylation is 1. The minimum Gasteiger partial charge on any atom is -0.374 e. The molecule has 1 aliphatic rings. The van der Waals surface area contributed by atoms with Crippen LogP contribution in [0.15, 0.2) is 5.38 Å². The molecule has 1 aliphatic heterocycles. The SMILES string of the molecule is CCCNC(Cc1nc(C)cs1)C1(C)CCCCO1. The van der Waals surface area contributed by atoms with Crippen molar-refractivity contribution in [1.82, 2.24) is 10.3 Å². The monoisotopic (exact) mass is 282 g/mol. The molecule has 2 heterocycles. The van der Waals surface area contributed by atoms with Gasteiger partial charge in [-0.1, -0.05) is 6.92 Å². The summed E-state index contributed by atoms with van der Waals surface area (Å²) < 4.78 is 6.12. The van der Waals surface area contributed by atoms with Gasteiger partial charge in [-0.25, -0.2) is 4.98 Å². The Morgan fingerprint density at radius 3 is 2.95 bits per heavy atom. The fourth-order valence-electron chi connectivity index (χ4n) is 2.72. The van der Waals surface area contributed by atoms with Gasteiger partial charge in [0.05, 0.1) is 10.6 Å². The van der Waals surface area contributed by atoms with Crippen LogP contribution in [0.3, 0.4) is 0 Å². The van der Waals surface area contributed by atoms with Crippen molar-refractivity contribution in [1.29, 1.82) is 0 Å². The van der Waals surface area contributed by atoms with Crippen molar-refractivity contribution in [2.45, 2.75) is 64.5 Å². The number of nitrogens with one attached hydrogen (secondary N) is 1. The summed E-state index contributed by atoms with van der Waals surface area (Å²) in [5.74, 6) is 0. The number of aromatic nitrogens is 1. The third-order valence-corrected chi connectivity index (χ3v) is 4.91. The zero-order chi connectivity index (χ0) is 13.7. The van der Waals surface area contributed by atoms with Crippen molar-refractivity contribution in [3.63, 3.8) is 0 Å². The van der Waals surface area contributed by atoms with E-state index in [0.717, 1.165) is 38.1 Å². The number of hydrogen-bond acceptors (Lipinski definition) is 4. The molecule has 3 nitrogen and oxygen atoms in total. The molecule has 0 amide bonds. The van der Waals surface area contributed by atoms with Gasteiger partial charge in [-0.15, -0.1) is 11.3 Å². The molecule has 1 fully saturated rings. The van der Waals surface area contributed by atoms with Gasteiger partial charge >= 0.3 is 0 Å². The molecule has 2 atom stereocenters. The van der Waals surface area contributed by atoms with Gasteiger partial charge in [0.25, 0.3) is 0 Å². The summed E-state index contributed by atoms with van der Waals surface area (Å²) in [4.78, 5) is 4.61. The number of nitrogens with zero attached hydrogens (tertiary/aromatic N) is 1. The van der Waals surface area contributed by atoms with E-state index in [1.807, 2.05) is 0 Å². The lowest BCUT2D eigenvalue weighted by molar-refractivity contribution is -0.0883. The lowest BCUT2D eigenvalue weighted by Crippen LogP contribution is -2.53. The second kappa shape index (κ2) is 6.82. The fourth-order valence-corrected chi connectivity index (χ4v) is 3.54. The Balaban J connectivity index is 2.05. The number of rotatable bonds is 6. The molecule has 0 aliphatic carbocycles. The standard InChI is InChI=1S/C15H26N2OS/c1-4-8-16-13(10-14-17-12(2)11-19-14)15(3)7-5-6-9-18-15/h11,13,16H,4-10H2,1-3H3. The molecule has 0 spiro atoms. The molecule has 2 rings (SSSR count). The first kappa shape index (κ1) is 14.9. The first-order valence-electron chi connectivity index (χ1n) is 7.42. The average molecular weight is 282 g/mol. The molecule has 1 saturated heterocycles. The third-order valence-electron chi connectivity index (χ3n) is 3.92.